The van der Waals surface area contributed by atoms with Crippen molar-refractivity contribution in [2.75, 3.05) is 102 Å². The third kappa shape index (κ3) is 9.20. The Morgan fingerprint density at radius 2 is 0.865 bits per heavy atom. The summed E-state index contributed by atoms with van der Waals surface area (Å²) in [4.78, 5) is 20.9. The van der Waals surface area contributed by atoms with Crippen LogP contribution in [0.3, 0.4) is 0 Å². The molecular weight excluding hydrogens is 677 g/mol. The molecule has 52 heavy (non-hydrogen) atoms. The fraction of sp³-hybridized carbons (Fsp3) is 0.455. The van der Waals surface area contributed by atoms with Gasteiger partial charge in [-0.3, -0.25) is 0 Å². The Morgan fingerprint density at radius 3 is 1.33 bits per heavy atom. The maximum Gasteiger partial charge on any atom is 0.0555 e. The predicted molar refractivity (Wildman–Crippen MR) is 224 cm³/mol. The van der Waals surface area contributed by atoms with Crippen molar-refractivity contribution in [2.45, 2.75) is 59.6 Å². The van der Waals surface area contributed by atoms with E-state index in [9.17, 15) is 0 Å². The number of likely N-dealkylation sites (N-methyl/N-ethyl adjacent to an activating group) is 1. The number of anilines is 4. The maximum absolute atomic E-state index is 2.65. The van der Waals surface area contributed by atoms with E-state index in [-0.39, 0.29) is 0 Å². The lowest BCUT2D eigenvalue weighted by atomic mass is 10.1. The lowest BCUT2D eigenvalue weighted by Crippen LogP contribution is -2.47. The van der Waals surface area contributed by atoms with Gasteiger partial charge in [0.05, 0.1) is 22.7 Å². The number of nitrogens with zero attached hydrogens (tertiary/aromatic N) is 6. The zero-order valence-corrected chi connectivity index (χ0v) is 33.5. The van der Waals surface area contributed by atoms with Crippen LogP contribution in [0.5, 0.6) is 0 Å². The molecular formula is C44H58N6S2. The Hall–Kier alpha value is -2.98. The van der Waals surface area contributed by atoms with Gasteiger partial charge in [-0.1, -0.05) is 66.8 Å². The van der Waals surface area contributed by atoms with E-state index >= 15 is 0 Å². The highest BCUT2D eigenvalue weighted by Gasteiger charge is 2.25. The normalized spacial score (nSPS) is 17.8. The molecule has 0 amide bonds. The standard InChI is InChI=1S/C23H31N3S.C21H27N3S/c1-3-11-24-14-16-25(17-15-24)12-6-13-26-20-7-4-5-8-22(20)27-23-10-9-19(2)18-21(23)26;1-17-8-9-21-19(16-17)24(18-6-3-4-7-20(18)25-21)11-5-10-23-14-12-22(2)13-15-23/h4-5,7-10,18H,3,6,11-17H2,1-2H3;3-4,6-9,16H,5,10-15H2,1-2H3. The molecule has 0 N–H and O–H groups in total. The number of hydrogen-bond donors (Lipinski definition) is 0. The average molecular weight is 735 g/mol. The Labute approximate surface area is 322 Å². The topological polar surface area (TPSA) is 19.4 Å². The van der Waals surface area contributed by atoms with E-state index in [0.29, 0.717) is 0 Å². The molecule has 4 aromatic rings. The summed E-state index contributed by atoms with van der Waals surface area (Å²) in [7, 11) is 2.22. The van der Waals surface area contributed by atoms with Crippen LogP contribution >= 0.6 is 23.5 Å². The van der Waals surface area contributed by atoms with Gasteiger partial charge in [0.1, 0.15) is 0 Å². The molecule has 8 heteroatoms. The Balaban J connectivity index is 0.000000162. The summed E-state index contributed by atoms with van der Waals surface area (Å²) in [6.45, 7) is 22.2. The van der Waals surface area contributed by atoms with E-state index < -0.39 is 0 Å². The fourth-order valence-electron chi connectivity index (χ4n) is 7.89. The van der Waals surface area contributed by atoms with E-state index in [2.05, 4.69) is 142 Å². The van der Waals surface area contributed by atoms with Gasteiger partial charge in [0, 0.05) is 85.0 Å². The van der Waals surface area contributed by atoms with Crippen LogP contribution < -0.4 is 9.80 Å². The minimum Gasteiger partial charge on any atom is -0.340 e. The van der Waals surface area contributed by atoms with Gasteiger partial charge in [-0.05, 0) is 119 Å². The molecule has 0 saturated carbocycles. The number of para-hydroxylation sites is 2. The summed E-state index contributed by atoms with van der Waals surface area (Å²) in [5, 5.41) is 0. The molecule has 4 aromatic carbocycles. The maximum atomic E-state index is 2.65. The molecule has 4 aliphatic heterocycles. The first-order valence-corrected chi connectivity index (χ1v) is 21.2. The van der Waals surface area contributed by atoms with Gasteiger partial charge in [-0.2, -0.15) is 0 Å². The lowest BCUT2D eigenvalue weighted by Gasteiger charge is -2.36. The number of fused-ring (bicyclic) bond motifs is 4. The summed E-state index contributed by atoms with van der Waals surface area (Å²) in [6.07, 6.45) is 3.68. The first kappa shape index (κ1) is 37.3. The predicted octanol–water partition coefficient (Wildman–Crippen LogP) is 9.25. The molecule has 4 heterocycles. The van der Waals surface area contributed by atoms with Crippen LogP contribution in [0.15, 0.2) is 105 Å². The first-order chi connectivity index (χ1) is 25.4. The highest BCUT2D eigenvalue weighted by atomic mass is 32.2. The third-order valence-corrected chi connectivity index (χ3v) is 13.1. The fourth-order valence-corrected chi connectivity index (χ4v) is 10.0. The average Bonchev–Trinajstić information content (AvgIpc) is 3.16. The molecule has 6 nitrogen and oxygen atoms in total. The minimum absolute atomic E-state index is 1.08. The monoisotopic (exact) mass is 734 g/mol. The van der Waals surface area contributed by atoms with Crippen molar-refractivity contribution >= 4 is 46.3 Å². The number of rotatable bonds is 10. The number of aryl methyl sites for hydroxylation is 2. The molecule has 0 aromatic heterocycles. The van der Waals surface area contributed by atoms with E-state index in [0.717, 1.165) is 13.1 Å². The Bertz CT molecular complexity index is 1760. The van der Waals surface area contributed by atoms with Crippen molar-refractivity contribution in [3.8, 4) is 0 Å². The molecule has 0 atom stereocenters. The molecule has 0 unspecified atom stereocenters. The van der Waals surface area contributed by atoms with Gasteiger partial charge in [-0.15, -0.1) is 0 Å². The van der Waals surface area contributed by atoms with Crippen LogP contribution in [0.2, 0.25) is 0 Å². The Morgan fingerprint density at radius 1 is 0.462 bits per heavy atom. The van der Waals surface area contributed by atoms with Crippen molar-refractivity contribution < 1.29 is 0 Å². The van der Waals surface area contributed by atoms with Crippen molar-refractivity contribution in [2.24, 2.45) is 0 Å². The number of benzene rings is 4. The van der Waals surface area contributed by atoms with Crippen LogP contribution in [0.1, 0.15) is 37.3 Å². The first-order valence-electron chi connectivity index (χ1n) is 19.6. The second-order valence-corrected chi connectivity index (χ2v) is 17.1. The largest absolute Gasteiger partial charge is 0.340 e. The molecule has 8 rings (SSSR count). The van der Waals surface area contributed by atoms with Crippen molar-refractivity contribution in [1.29, 1.82) is 0 Å². The van der Waals surface area contributed by atoms with Crippen LogP contribution in [0.25, 0.3) is 0 Å². The van der Waals surface area contributed by atoms with E-state index in [4.69, 9.17) is 0 Å². The van der Waals surface area contributed by atoms with Crippen molar-refractivity contribution in [3.63, 3.8) is 0 Å². The molecule has 2 fully saturated rings. The van der Waals surface area contributed by atoms with Crippen molar-refractivity contribution in [3.05, 3.63) is 96.1 Å². The summed E-state index contributed by atoms with van der Waals surface area (Å²) < 4.78 is 0. The van der Waals surface area contributed by atoms with E-state index in [1.54, 1.807) is 0 Å². The molecule has 0 aliphatic carbocycles. The summed E-state index contributed by atoms with van der Waals surface area (Å²) in [6, 6.07) is 31.4. The molecule has 0 spiro atoms. The molecule has 276 valence electrons. The minimum atomic E-state index is 1.08. The smallest absolute Gasteiger partial charge is 0.0555 e. The lowest BCUT2D eigenvalue weighted by molar-refractivity contribution is 0.132. The zero-order chi connectivity index (χ0) is 35.9. The van der Waals surface area contributed by atoms with Gasteiger partial charge in [0.2, 0.25) is 0 Å². The van der Waals surface area contributed by atoms with Crippen LogP contribution in [0, 0.1) is 13.8 Å². The summed E-state index contributed by atoms with van der Waals surface area (Å²) in [5.41, 5.74) is 8.17. The number of hydrogen-bond acceptors (Lipinski definition) is 8. The zero-order valence-electron chi connectivity index (χ0n) is 31.9. The second-order valence-electron chi connectivity index (χ2n) is 14.9. The van der Waals surface area contributed by atoms with Crippen LogP contribution in [0.4, 0.5) is 22.7 Å². The highest BCUT2D eigenvalue weighted by molar-refractivity contribution is 8.00. The second kappa shape index (κ2) is 17.9. The highest BCUT2D eigenvalue weighted by Crippen LogP contribution is 2.49. The van der Waals surface area contributed by atoms with Gasteiger partial charge in [0.25, 0.3) is 0 Å². The van der Waals surface area contributed by atoms with Crippen molar-refractivity contribution in [1.82, 2.24) is 19.6 Å². The SMILES string of the molecule is CCCN1CCN(CCCN2c3ccccc3Sc3ccc(C)cc32)CC1.Cc1ccc2c(c1)N(CCCN1CCN(C)CC1)c1ccccc1S2. The van der Waals surface area contributed by atoms with E-state index in [1.807, 2.05) is 23.5 Å². The van der Waals surface area contributed by atoms with Crippen LogP contribution in [-0.2, 0) is 0 Å². The van der Waals surface area contributed by atoms with Gasteiger partial charge in [-0.25, -0.2) is 0 Å². The molecule has 0 bridgehead atoms. The third-order valence-electron chi connectivity index (χ3n) is 10.9. The van der Waals surface area contributed by atoms with Gasteiger partial charge >= 0.3 is 0 Å². The molecule has 4 aliphatic rings. The number of piperazine rings is 2. The van der Waals surface area contributed by atoms with E-state index in [1.165, 1.54) is 145 Å². The summed E-state index contributed by atoms with van der Waals surface area (Å²) in [5.74, 6) is 0. The molecule has 2 saturated heterocycles. The Kier molecular flexibility index (Phi) is 12.9. The summed E-state index contributed by atoms with van der Waals surface area (Å²) >= 11 is 3.80. The van der Waals surface area contributed by atoms with Crippen LogP contribution in [-0.4, -0.2) is 112 Å². The quantitative estimate of drug-likeness (QED) is 0.159. The van der Waals surface area contributed by atoms with Gasteiger partial charge < -0.3 is 29.4 Å². The van der Waals surface area contributed by atoms with Gasteiger partial charge in [0.15, 0.2) is 0 Å². The molecule has 0 radical (unpaired) electrons.